The van der Waals surface area contributed by atoms with E-state index in [1.54, 1.807) is 35.6 Å². The van der Waals surface area contributed by atoms with Gasteiger partial charge in [-0.15, -0.1) is 11.3 Å². The van der Waals surface area contributed by atoms with E-state index in [4.69, 9.17) is 0 Å². The van der Waals surface area contributed by atoms with Crippen molar-refractivity contribution in [2.75, 3.05) is 23.3 Å². The zero-order valence-corrected chi connectivity index (χ0v) is 14.3. The van der Waals surface area contributed by atoms with Gasteiger partial charge in [0, 0.05) is 48.9 Å². The molecule has 7 heteroatoms. The van der Waals surface area contributed by atoms with Crippen LogP contribution in [0, 0.1) is 0 Å². The van der Waals surface area contributed by atoms with Crippen molar-refractivity contribution < 1.29 is 9.59 Å². The molecule has 6 nitrogen and oxygen atoms in total. The summed E-state index contributed by atoms with van der Waals surface area (Å²) >= 11 is 1.64. The maximum absolute atomic E-state index is 12.3. The van der Waals surface area contributed by atoms with Gasteiger partial charge < -0.3 is 15.5 Å². The van der Waals surface area contributed by atoms with Gasteiger partial charge in [-0.1, -0.05) is 0 Å². The predicted octanol–water partition coefficient (Wildman–Crippen LogP) is 2.50. The van der Waals surface area contributed by atoms with Crippen molar-refractivity contribution in [3.8, 4) is 0 Å². The lowest BCUT2D eigenvalue weighted by Crippen LogP contribution is -2.44. The highest BCUT2D eigenvalue weighted by Gasteiger charge is 2.22. The van der Waals surface area contributed by atoms with Crippen LogP contribution in [-0.2, 0) is 4.79 Å². The molecule has 1 saturated heterocycles. The van der Waals surface area contributed by atoms with E-state index in [0.29, 0.717) is 11.3 Å². The van der Waals surface area contributed by atoms with Gasteiger partial charge in [-0.3, -0.25) is 9.59 Å². The van der Waals surface area contributed by atoms with Crippen LogP contribution < -0.4 is 15.5 Å². The molecule has 1 fully saturated rings. The number of carbonyl (C=O) groups excluding carboxylic acids is 2. The topological polar surface area (TPSA) is 74.3 Å². The molecule has 1 aliphatic heterocycles. The van der Waals surface area contributed by atoms with Crippen molar-refractivity contribution in [3.63, 3.8) is 0 Å². The molecular weight excluding hydrogens is 324 g/mol. The van der Waals surface area contributed by atoms with Crippen molar-refractivity contribution in [2.24, 2.45) is 0 Å². The summed E-state index contributed by atoms with van der Waals surface area (Å²) in [4.78, 5) is 29.9. The summed E-state index contributed by atoms with van der Waals surface area (Å²) in [5, 5.41) is 8.81. The Morgan fingerprint density at radius 3 is 2.50 bits per heavy atom. The molecule has 3 rings (SSSR count). The Hall–Kier alpha value is -2.41. The van der Waals surface area contributed by atoms with Gasteiger partial charge in [0.25, 0.3) is 5.91 Å². The first-order chi connectivity index (χ1) is 11.6. The lowest BCUT2D eigenvalue weighted by atomic mass is 10.0. The fraction of sp³-hybridized carbons (Fsp3) is 0.353. The Labute approximate surface area is 144 Å². The Kier molecular flexibility index (Phi) is 5.10. The van der Waals surface area contributed by atoms with Gasteiger partial charge in [-0.05, 0) is 37.1 Å². The van der Waals surface area contributed by atoms with Crippen LogP contribution in [0.1, 0.15) is 30.1 Å². The van der Waals surface area contributed by atoms with Crippen LogP contribution >= 0.6 is 11.3 Å². The van der Waals surface area contributed by atoms with E-state index in [1.165, 1.54) is 6.92 Å². The minimum Gasteiger partial charge on any atom is -0.349 e. The summed E-state index contributed by atoms with van der Waals surface area (Å²) in [7, 11) is 0. The maximum atomic E-state index is 12.3. The Morgan fingerprint density at radius 2 is 1.92 bits per heavy atom. The molecule has 1 aromatic carbocycles. The zero-order valence-electron chi connectivity index (χ0n) is 13.5. The lowest BCUT2D eigenvalue weighted by molar-refractivity contribution is -0.114. The fourth-order valence-electron chi connectivity index (χ4n) is 2.76. The van der Waals surface area contributed by atoms with Crippen molar-refractivity contribution in [3.05, 3.63) is 41.4 Å². The Bertz CT molecular complexity index is 692. The highest BCUT2D eigenvalue weighted by atomic mass is 32.1. The molecule has 24 heavy (non-hydrogen) atoms. The number of amides is 2. The minimum absolute atomic E-state index is 0.0722. The van der Waals surface area contributed by atoms with Crippen LogP contribution in [0.15, 0.2) is 35.8 Å². The summed E-state index contributed by atoms with van der Waals surface area (Å²) in [6, 6.07) is 7.11. The molecule has 0 aliphatic carbocycles. The second-order valence-electron chi connectivity index (χ2n) is 5.81. The van der Waals surface area contributed by atoms with E-state index in [0.717, 1.165) is 31.1 Å². The average Bonchev–Trinajstić information content (AvgIpc) is 3.10. The first kappa shape index (κ1) is 16.4. The quantitative estimate of drug-likeness (QED) is 0.894. The van der Waals surface area contributed by atoms with Gasteiger partial charge in [0.05, 0.1) is 0 Å². The molecule has 0 bridgehead atoms. The zero-order chi connectivity index (χ0) is 16.9. The Balaban J connectivity index is 1.51. The van der Waals surface area contributed by atoms with Crippen molar-refractivity contribution in [1.82, 2.24) is 10.3 Å². The summed E-state index contributed by atoms with van der Waals surface area (Å²) in [5.74, 6) is -0.198. The fourth-order valence-corrected chi connectivity index (χ4v) is 3.46. The third-order valence-corrected chi connectivity index (χ3v) is 4.82. The van der Waals surface area contributed by atoms with Gasteiger partial charge >= 0.3 is 0 Å². The van der Waals surface area contributed by atoms with Crippen LogP contribution in [0.5, 0.6) is 0 Å². The molecule has 1 aliphatic rings. The monoisotopic (exact) mass is 344 g/mol. The summed E-state index contributed by atoms with van der Waals surface area (Å²) in [5.41, 5.74) is 1.29. The van der Waals surface area contributed by atoms with Crippen LogP contribution in [0.2, 0.25) is 0 Å². The van der Waals surface area contributed by atoms with E-state index < -0.39 is 0 Å². The van der Waals surface area contributed by atoms with E-state index in [9.17, 15) is 9.59 Å². The summed E-state index contributed by atoms with van der Waals surface area (Å²) < 4.78 is 0. The molecule has 2 N–H and O–H groups in total. The van der Waals surface area contributed by atoms with Crippen LogP contribution in [-0.4, -0.2) is 35.9 Å². The molecule has 1 aromatic heterocycles. The maximum Gasteiger partial charge on any atom is 0.251 e. The van der Waals surface area contributed by atoms with Gasteiger partial charge in [0.15, 0.2) is 5.13 Å². The minimum atomic E-state index is -0.126. The number of hydrogen-bond acceptors (Lipinski definition) is 5. The number of rotatable bonds is 4. The van der Waals surface area contributed by atoms with Crippen LogP contribution in [0.3, 0.4) is 0 Å². The van der Waals surface area contributed by atoms with E-state index in [2.05, 4.69) is 20.5 Å². The summed E-state index contributed by atoms with van der Waals surface area (Å²) in [6.07, 6.45) is 3.64. The van der Waals surface area contributed by atoms with Gasteiger partial charge in [-0.25, -0.2) is 4.98 Å². The number of aromatic nitrogens is 1. The number of piperidine rings is 1. The largest absolute Gasteiger partial charge is 0.349 e. The second-order valence-corrected chi connectivity index (χ2v) is 6.68. The van der Waals surface area contributed by atoms with Crippen molar-refractivity contribution >= 4 is 34.0 Å². The third kappa shape index (κ3) is 4.11. The average molecular weight is 344 g/mol. The molecule has 0 spiro atoms. The SMILES string of the molecule is CC(=O)Nc1ccc(C(=O)NC2CCN(c3nccs3)CC2)cc1. The standard InChI is InChI=1S/C17H20N4O2S/c1-12(22)19-14-4-2-13(3-5-14)16(23)20-15-6-9-21(10-7-15)17-18-8-11-24-17/h2-5,8,11,15H,6-7,9-10H2,1H3,(H,19,22)(H,20,23). The van der Waals surface area contributed by atoms with Crippen LogP contribution in [0.4, 0.5) is 10.8 Å². The second kappa shape index (κ2) is 7.44. The van der Waals surface area contributed by atoms with Crippen molar-refractivity contribution in [2.45, 2.75) is 25.8 Å². The molecule has 0 radical (unpaired) electrons. The van der Waals surface area contributed by atoms with Gasteiger partial charge in [-0.2, -0.15) is 0 Å². The smallest absolute Gasteiger partial charge is 0.251 e. The molecule has 126 valence electrons. The van der Waals surface area contributed by atoms with Crippen LogP contribution in [0.25, 0.3) is 0 Å². The van der Waals surface area contributed by atoms with Gasteiger partial charge in [0.1, 0.15) is 0 Å². The van der Waals surface area contributed by atoms with E-state index >= 15 is 0 Å². The normalized spacial score (nSPS) is 15.1. The molecule has 2 amide bonds. The lowest BCUT2D eigenvalue weighted by Gasteiger charge is -2.32. The molecule has 0 unspecified atom stereocenters. The molecular formula is C17H20N4O2S. The molecule has 2 heterocycles. The number of hydrogen-bond donors (Lipinski definition) is 2. The first-order valence-corrected chi connectivity index (χ1v) is 8.83. The Morgan fingerprint density at radius 1 is 1.21 bits per heavy atom. The first-order valence-electron chi connectivity index (χ1n) is 7.95. The molecule has 2 aromatic rings. The van der Waals surface area contributed by atoms with Crippen molar-refractivity contribution in [1.29, 1.82) is 0 Å². The molecule has 0 atom stereocenters. The highest BCUT2D eigenvalue weighted by Crippen LogP contribution is 2.22. The number of thiazole rings is 1. The third-order valence-electron chi connectivity index (χ3n) is 3.99. The number of anilines is 2. The number of nitrogens with zero attached hydrogens (tertiary/aromatic N) is 2. The summed E-state index contributed by atoms with van der Waals surface area (Å²) in [6.45, 7) is 3.26. The number of carbonyl (C=O) groups is 2. The highest BCUT2D eigenvalue weighted by molar-refractivity contribution is 7.13. The number of nitrogens with one attached hydrogen (secondary N) is 2. The number of benzene rings is 1. The molecule has 0 saturated carbocycles. The van der Waals surface area contributed by atoms with Gasteiger partial charge in [0.2, 0.25) is 5.91 Å². The van der Waals surface area contributed by atoms with E-state index in [-0.39, 0.29) is 17.9 Å². The van der Waals surface area contributed by atoms with E-state index in [1.807, 2.05) is 11.6 Å². The predicted molar refractivity (Wildman–Crippen MR) is 95.6 cm³/mol.